The van der Waals surface area contributed by atoms with Crippen molar-refractivity contribution in [3.63, 3.8) is 0 Å². The second-order valence-electron chi connectivity index (χ2n) is 8.89. The minimum absolute atomic E-state index is 0.0163. The van der Waals surface area contributed by atoms with Gasteiger partial charge in [0.1, 0.15) is 11.5 Å². The topological polar surface area (TPSA) is 92.6 Å². The molecule has 4 aromatic rings. The molecule has 0 bridgehead atoms. The highest BCUT2D eigenvalue weighted by Crippen LogP contribution is 2.44. The Morgan fingerprint density at radius 3 is 2.47 bits per heavy atom. The number of hydrogen-bond acceptors (Lipinski definition) is 8. The van der Waals surface area contributed by atoms with Crippen molar-refractivity contribution in [2.75, 3.05) is 12.0 Å². The van der Waals surface area contributed by atoms with E-state index in [1.165, 1.54) is 28.0 Å². The lowest BCUT2D eigenvalue weighted by Gasteiger charge is -2.23. The third-order valence-corrected chi connectivity index (χ3v) is 8.46. The van der Waals surface area contributed by atoms with Crippen LogP contribution in [0, 0.1) is 13.8 Å². The number of methoxy groups -OCH3 is 1. The fraction of sp³-hybridized carbons (Fsp3) is 0.172. The van der Waals surface area contributed by atoms with E-state index in [0.29, 0.717) is 32.1 Å². The van der Waals surface area contributed by atoms with Gasteiger partial charge in [0.15, 0.2) is 4.34 Å². The Kier molecular flexibility index (Phi) is 7.31. The number of aliphatic hydroxyl groups is 1. The summed E-state index contributed by atoms with van der Waals surface area (Å²) in [6.07, 6.45) is 0. The number of amides is 1. The summed E-state index contributed by atoms with van der Waals surface area (Å²) < 4.78 is 5.97. The van der Waals surface area contributed by atoms with Crippen LogP contribution >= 0.6 is 23.1 Å². The average molecular weight is 544 g/mol. The summed E-state index contributed by atoms with van der Waals surface area (Å²) in [5.74, 6) is -0.402. The SMILES string of the molecule is COc1ccc(C2/C(=C(\O)c3cc(C)ccc3C)C(=O)C(=O)N2c2nnc(SCc3ccccc3)s2)cc1. The first kappa shape index (κ1) is 25.7. The molecule has 192 valence electrons. The van der Waals surface area contributed by atoms with Crippen LogP contribution in [0.25, 0.3) is 5.76 Å². The first-order valence-corrected chi connectivity index (χ1v) is 13.7. The number of benzene rings is 3. The van der Waals surface area contributed by atoms with E-state index in [2.05, 4.69) is 10.2 Å². The molecule has 1 saturated heterocycles. The number of ketones is 1. The van der Waals surface area contributed by atoms with Crippen LogP contribution < -0.4 is 9.64 Å². The molecule has 1 amide bonds. The molecular formula is C29H25N3O4S2. The van der Waals surface area contributed by atoms with Crippen molar-refractivity contribution >= 4 is 45.7 Å². The molecule has 38 heavy (non-hydrogen) atoms. The molecule has 1 aliphatic heterocycles. The smallest absolute Gasteiger partial charge is 0.301 e. The van der Waals surface area contributed by atoms with Crippen molar-refractivity contribution in [3.05, 3.63) is 106 Å². The fourth-order valence-electron chi connectivity index (χ4n) is 4.34. The van der Waals surface area contributed by atoms with Gasteiger partial charge in [0, 0.05) is 11.3 Å². The van der Waals surface area contributed by atoms with Gasteiger partial charge >= 0.3 is 5.91 Å². The first-order chi connectivity index (χ1) is 18.4. The molecule has 1 unspecified atom stereocenters. The molecule has 0 spiro atoms. The second kappa shape index (κ2) is 10.8. The van der Waals surface area contributed by atoms with Crippen LogP contribution in [0.4, 0.5) is 5.13 Å². The molecule has 1 aromatic heterocycles. The van der Waals surface area contributed by atoms with Crippen LogP contribution in [0.5, 0.6) is 5.75 Å². The molecule has 9 heteroatoms. The Hall–Kier alpha value is -3.95. The van der Waals surface area contributed by atoms with Crippen LogP contribution in [0.3, 0.4) is 0 Å². The summed E-state index contributed by atoms with van der Waals surface area (Å²) >= 11 is 2.75. The molecular weight excluding hydrogens is 518 g/mol. The molecule has 1 aliphatic rings. The molecule has 0 aliphatic carbocycles. The first-order valence-electron chi connectivity index (χ1n) is 11.9. The van der Waals surface area contributed by atoms with Gasteiger partial charge in [0.25, 0.3) is 5.78 Å². The van der Waals surface area contributed by atoms with Crippen molar-refractivity contribution < 1.29 is 19.4 Å². The maximum Gasteiger partial charge on any atom is 0.301 e. The summed E-state index contributed by atoms with van der Waals surface area (Å²) in [4.78, 5) is 28.2. The summed E-state index contributed by atoms with van der Waals surface area (Å²) in [6.45, 7) is 3.76. The fourth-order valence-corrected chi connectivity index (χ4v) is 6.17. The summed E-state index contributed by atoms with van der Waals surface area (Å²) in [6, 6.07) is 21.8. The summed E-state index contributed by atoms with van der Waals surface area (Å²) in [5.41, 5.74) is 4.03. The van der Waals surface area contributed by atoms with Crippen LogP contribution in [-0.2, 0) is 15.3 Å². The number of aromatic nitrogens is 2. The molecule has 1 fully saturated rings. The van der Waals surface area contributed by atoms with Crippen molar-refractivity contribution in [2.24, 2.45) is 0 Å². The number of hydrogen-bond donors (Lipinski definition) is 1. The molecule has 0 radical (unpaired) electrons. The standard InChI is InChI=1S/C29H25N3O4S2/c1-17-9-10-18(2)22(15-17)25(33)23-24(20-11-13-21(36-3)14-12-20)32(27(35)26(23)34)28-30-31-29(38-28)37-16-19-7-5-4-6-8-19/h4-15,24,33H,16H2,1-3H3/b25-23+. The van der Waals surface area contributed by atoms with Gasteiger partial charge in [-0.25, -0.2) is 0 Å². The molecule has 2 heterocycles. The minimum Gasteiger partial charge on any atom is -0.507 e. The van der Waals surface area contributed by atoms with Gasteiger partial charge in [-0.1, -0.05) is 83.3 Å². The maximum atomic E-state index is 13.4. The third-order valence-electron chi connectivity index (χ3n) is 6.33. The molecule has 0 saturated carbocycles. The number of rotatable bonds is 7. The zero-order chi connectivity index (χ0) is 26.8. The maximum absolute atomic E-state index is 13.4. The molecule has 5 rings (SSSR count). The number of nitrogens with zero attached hydrogens (tertiary/aromatic N) is 3. The number of thioether (sulfide) groups is 1. The predicted molar refractivity (Wildman–Crippen MR) is 150 cm³/mol. The molecule has 1 atom stereocenters. The van der Waals surface area contributed by atoms with E-state index in [1.807, 2.05) is 62.4 Å². The average Bonchev–Trinajstić information content (AvgIpc) is 3.51. The Bertz CT molecular complexity index is 1530. The van der Waals surface area contributed by atoms with E-state index in [-0.39, 0.29) is 11.3 Å². The number of carbonyl (C=O) groups excluding carboxylic acids is 2. The monoisotopic (exact) mass is 543 g/mol. The molecule has 3 aromatic carbocycles. The number of Topliss-reactive ketones (excluding diaryl/α,β-unsaturated/α-hetero) is 1. The van der Waals surface area contributed by atoms with E-state index in [4.69, 9.17) is 4.74 Å². The van der Waals surface area contributed by atoms with Crippen LogP contribution in [-0.4, -0.2) is 34.1 Å². The summed E-state index contributed by atoms with van der Waals surface area (Å²) in [7, 11) is 1.57. The Balaban J connectivity index is 1.58. The zero-order valence-corrected chi connectivity index (χ0v) is 22.7. The van der Waals surface area contributed by atoms with E-state index >= 15 is 0 Å². The second-order valence-corrected chi connectivity index (χ2v) is 11.1. The normalized spacial score (nSPS) is 16.7. The van der Waals surface area contributed by atoms with Gasteiger partial charge in [-0.3, -0.25) is 14.5 Å². The third kappa shape index (κ3) is 4.94. The van der Waals surface area contributed by atoms with Crippen molar-refractivity contribution in [1.29, 1.82) is 0 Å². The lowest BCUT2D eigenvalue weighted by Crippen LogP contribution is -2.29. The van der Waals surface area contributed by atoms with Gasteiger partial charge < -0.3 is 9.84 Å². The van der Waals surface area contributed by atoms with E-state index in [0.717, 1.165) is 16.7 Å². The van der Waals surface area contributed by atoms with Crippen molar-refractivity contribution in [3.8, 4) is 5.75 Å². The van der Waals surface area contributed by atoms with Crippen molar-refractivity contribution in [1.82, 2.24) is 10.2 Å². The van der Waals surface area contributed by atoms with Gasteiger partial charge in [-0.05, 0) is 48.7 Å². The van der Waals surface area contributed by atoms with E-state index < -0.39 is 17.7 Å². The van der Waals surface area contributed by atoms with E-state index in [9.17, 15) is 14.7 Å². The van der Waals surface area contributed by atoms with E-state index in [1.54, 1.807) is 31.4 Å². The highest BCUT2D eigenvalue weighted by Gasteiger charge is 2.48. The number of ether oxygens (including phenoxy) is 1. The number of aliphatic hydroxyl groups excluding tert-OH is 1. The lowest BCUT2D eigenvalue weighted by molar-refractivity contribution is -0.132. The highest BCUT2D eigenvalue weighted by atomic mass is 32.2. The summed E-state index contributed by atoms with van der Waals surface area (Å²) in [5, 5.41) is 20.3. The van der Waals surface area contributed by atoms with Gasteiger partial charge in [0.2, 0.25) is 5.13 Å². The highest BCUT2D eigenvalue weighted by molar-refractivity contribution is 8.00. The lowest BCUT2D eigenvalue weighted by atomic mass is 9.93. The molecule has 1 N–H and O–H groups in total. The van der Waals surface area contributed by atoms with Gasteiger partial charge in [-0.15, -0.1) is 10.2 Å². The van der Waals surface area contributed by atoms with Gasteiger partial charge in [0.05, 0.1) is 18.7 Å². The van der Waals surface area contributed by atoms with Crippen LogP contribution in [0.15, 0.2) is 82.7 Å². The Morgan fingerprint density at radius 2 is 1.76 bits per heavy atom. The number of anilines is 1. The number of aryl methyl sites for hydroxylation is 2. The predicted octanol–water partition coefficient (Wildman–Crippen LogP) is 6.08. The zero-order valence-electron chi connectivity index (χ0n) is 21.0. The largest absolute Gasteiger partial charge is 0.507 e. The number of carbonyl (C=O) groups is 2. The Morgan fingerprint density at radius 1 is 1.03 bits per heavy atom. The van der Waals surface area contributed by atoms with Crippen molar-refractivity contribution in [2.45, 2.75) is 30.0 Å². The molecule has 7 nitrogen and oxygen atoms in total. The van der Waals surface area contributed by atoms with Crippen LogP contribution in [0.1, 0.15) is 33.9 Å². The van der Waals surface area contributed by atoms with Crippen LogP contribution in [0.2, 0.25) is 0 Å². The minimum atomic E-state index is -0.874. The van der Waals surface area contributed by atoms with Gasteiger partial charge in [-0.2, -0.15) is 0 Å². The Labute approximate surface area is 228 Å². The quantitative estimate of drug-likeness (QED) is 0.0992.